The van der Waals surface area contributed by atoms with Gasteiger partial charge in [-0.05, 0) is 31.0 Å². The molecule has 1 aromatic carbocycles. The number of hydrogen-bond donors (Lipinski definition) is 2. The Morgan fingerprint density at radius 3 is 2.94 bits per heavy atom. The molecule has 0 aromatic heterocycles. The third-order valence-electron chi connectivity index (χ3n) is 3.16. The van der Waals surface area contributed by atoms with Crippen LogP contribution < -0.4 is 5.73 Å². The number of nitrogens with two attached hydrogens (primary N) is 1. The fourth-order valence-corrected chi connectivity index (χ4v) is 2.41. The minimum absolute atomic E-state index is 0.272. The van der Waals surface area contributed by atoms with Gasteiger partial charge in [-0.2, -0.15) is 0 Å². The standard InChI is InChI=1S/C12H17ClN2O/c13-11-2-1-3-12(14)10(11)7-15-5-4-9(6-15)8-16/h1-3,9,16H,4-8,14H2. The predicted octanol–water partition coefficient (Wildman–Crippen LogP) is 1.74. The van der Waals surface area contributed by atoms with Gasteiger partial charge in [0.15, 0.2) is 0 Å². The van der Waals surface area contributed by atoms with Crippen molar-refractivity contribution in [3.05, 3.63) is 28.8 Å². The smallest absolute Gasteiger partial charge is 0.0471 e. The summed E-state index contributed by atoms with van der Waals surface area (Å²) in [7, 11) is 0. The van der Waals surface area contributed by atoms with E-state index in [-0.39, 0.29) is 6.61 Å². The van der Waals surface area contributed by atoms with Crippen molar-refractivity contribution in [2.45, 2.75) is 13.0 Å². The van der Waals surface area contributed by atoms with E-state index in [1.807, 2.05) is 18.2 Å². The third kappa shape index (κ3) is 2.48. The SMILES string of the molecule is Nc1cccc(Cl)c1CN1CCC(CO)C1. The molecule has 0 amide bonds. The summed E-state index contributed by atoms with van der Waals surface area (Å²) in [6.07, 6.45) is 1.06. The van der Waals surface area contributed by atoms with Crippen LogP contribution >= 0.6 is 11.6 Å². The van der Waals surface area contributed by atoms with Crippen LogP contribution in [0.4, 0.5) is 5.69 Å². The molecule has 1 heterocycles. The molecule has 1 atom stereocenters. The van der Waals surface area contributed by atoms with Crippen molar-refractivity contribution < 1.29 is 5.11 Å². The maximum Gasteiger partial charge on any atom is 0.0471 e. The van der Waals surface area contributed by atoms with Crippen molar-refractivity contribution in [3.63, 3.8) is 0 Å². The van der Waals surface area contributed by atoms with E-state index in [1.165, 1.54) is 0 Å². The molecular weight excluding hydrogens is 224 g/mol. The molecule has 1 aromatic rings. The van der Waals surface area contributed by atoms with Gasteiger partial charge in [0.05, 0.1) is 0 Å². The zero-order chi connectivity index (χ0) is 11.5. The van der Waals surface area contributed by atoms with Crippen LogP contribution in [-0.4, -0.2) is 29.7 Å². The highest BCUT2D eigenvalue weighted by molar-refractivity contribution is 6.31. The quantitative estimate of drug-likeness (QED) is 0.792. The van der Waals surface area contributed by atoms with E-state index in [0.717, 1.165) is 42.3 Å². The monoisotopic (exact) mass is 240 g/mol. The van der Waals surface area contributed by atoms with Crippen LogP contribution in [0.5, 0.6) is 0 Å². The number of aliphatic hydroxyl groups excluding tert-OH is 1. The van der Waals surface area contributed by atoms with E-state index in [1.54, 1.807) is 0 Å². The van der Waals surface area contributed by atoms with E-state index in [2.05, 4.69) is 4.90 Å². The zero-order valence-electron chi connectivity index (χ0n) is 9.19. The fraction of sp³-hybridized carbons (Fsp3) is 0.500. The topological polar surface area (TPSA) is 49.5 Å². The number of aliphatic hydroxyl groups is 1. The van der Waals surface area contributed by atoms with E-state index >= 15 is 0 Å². The Hall–Kier alpha value is -0.770. The summed E-state index contributed by atoms with van der Waals surface area (Å²) in [6.45, 7) is 2.99. The molecule has 3 N–H and O–H groups in total. The highest BCUT2D eigenvalue weighted by Gasteiger charge is 2.22. The van der Waals surface area contributed by atoms with Gasteiger partial charge in [0.1, 0.15) is 0 Å². The maximum absolute atomic E-state index is 9.08. The van der Waals surface area contributed by atoms with Crippen LogP contribution in [0.1, 0.15) is 12.0 Å². The third-order valence-corrected chi connectivity index (χ3v) is 3.52. The number of halogens is 1. The second kappa shape index (κ2) is 5.04. The summed E-state index contributed by atoms with van der Waals surface area (Å²) in [5.74, 6) is 0.406. The minimum Gasteiger partial charge on any atom is -0.398 e. The van der Waals surface area contributed by atoms with Gasteiger partial charge in [0.2, 0.25) is 0 Å². The molecule has 1 aliphatic heterocycles. The molecule has 2 rings (SSSR count). The van der Waals surface area contributed by atoms with Gasteiger partial charge in [-0.25, -0.2) is 0 Å². The van der Waals surface area contributed by atoms with Gasteiger partial charge in [0.25, 0.3) is 0 Å². The van der Waals surface area contributed by atoms with E-state index in [9.17, 15) is 0 Å². The molecule has 1 unspecified atom stereocenters. The Kier molecular flexibility index (Phi) is 3.69. The van der Waals surface area contributed by atoms with Gasteiger partial charge in [-0.1, -0.05) is 17.7 Å². The summed E-state index contributed by atoms with van der Waals surface area (Å²) in [5, 5.41) is 9.81. The summed E-state index contributed by atoms with van der Waals surface area (Å²) < 4.78 is 0. The number of hydrogen-bond acceptors (Lipinski definition) is 3. The van der Waals surface area contributed by atoms with Crippen LogP contribution in [0.3, 0.4) is 0 Å². The van der Waals surface area contributed by atoms with Crippen LogP contribution in [0.15, 0.2) is 18.2 Å². The molecule has 0 aliphatic carbocycles. The highest BCUT2D eigenvalue weighted by atomic mass is 35.5. The Morgan fingerprint density at radius 1 is 1.50 bits per heavy atom. The largest absolute Gasteiger partial charge is 0.398 e. The Bertz CT molecular complexity index is 350. The van der Waals surface area contributed by atoms with Crippen LogP contribution in [0.2, 0.25) is 5.02 Å². The highest BCUT2D eigenvalue weighted by Crippen LogP contribution is 2.26. The zero-order valence-corrected chi connectivity index (χ0v) is 9.95. The van der Waals surface area contributed by atoms with Crippen molar-refractivity contribution in [1.82, 2.24) is 4.90 Å². The van der Waals surface area contributed by atoms with E-state index in [0.29, 0.717) is 5.92 Å². The molecule has 0 saturated carbocycles. The van der Waals surface area contributed by atoms with E-state index in [4.69, 9.17) is 22.4 Å². The predicted molar refractivity (Wildman–Crippen MR) is 66.3 cm³/mol. The molecular formula is C12H17ClN2O. The van der Waals surface area contributed by atoms with Crippen molar-refractivity contribution in [2.24, 2.45) is 5.92 Å². The number of likely N-dealkylation sites (tertiary alicyclic amines) is 1. The summed E-state index contributed by atoms with van der Waals surface area (Å²) in [6, 6.07) is 5.61. The molecule has 16 heavy (non-hydrogen) atoms. The molecule has 0 bridgehead atoms. The summed E-state index contributed by atoms with van der Waals surface area (Å²) in [4.78, 5) is 2.29. The number of rotatable bonds is 3. The Morgan fingerprint density at radius 2 is 2.31 bits per heavy atom. The van der Waals surface area contributed by atoms with Crippen molar-refractivity contribution in [2.75, 3.05) is 25.4 Å². The maximum atomic E-state index is 9.08. The molecule has 0 radical (unpaired) electrons. The van der Waals surface area contributed by atoms with Gasteiger partial charge in [-0.3, -0.25) is 4.90 Å². The molecule has 88 valence electrons. The van der Waals surface area contributed by atoms with Gasteiger partial charge >= 0.3 is 0 Å². The molecule has 0 spiro atoms. The molecule has 1 fully saturated rings. The lowest BCUT2D eigenvalue weighted by Gasteiger charge is -2.17. The van der Waals surface area contributed by atoms with Crippen molar-refractivity contribution >= 4 is 17.3 Å². The number of anilines is 1. The number of nitrogens with zero attached hydrogens (tertiary/aromatic N) is 1. The molecule has 1 saturated heterocycles. The fourth-order valence-electron chi connectivity index (χ4n) is 2.17. The van der Waals surface area contributed by atoms with Gasteiger partial charge < -0.3 is 10.8 Å². The second-order valence-electron chi connectivity index (χ2n) is 4.38. The number of benzene rings is 1. The number of nitrogen functional groups attached to an aromatic ring is 1. The molecule has 4 heteroatoms. The second-order valence-corrected chi connectivity index (χ2v) is 4.79. The van der Waals surface area contributed by atoms with Crippen LogP contribution in [0, 0.1) is 5.92 Å². The lowest BCUT2D eigenvalue weighted by molar-refractivity contribution is 0.220. The van der Waals surface area contributed by atoms with Crippen LogP contribution in [0.25, 0.3) is 0 Å². The first kappa shape index (κ1) is 11.7. The first-order chi connectivity index (χ1) is 7.70. The van der Waals surface area contributed by atoms with Crippen molar-refractivity contribution in [3.8, 4) is 0 Å². The minimum atomic E-state index is 0.272. The van der Waals surface area contributed by atoms with Gasteiger partial charge in [0, 0.05) is 36.0 Å². The lowest BCUT2D eigenvalue weighted by Crippen LogP contribution is -2.21. The molecule has 1 aliphatic rings. The Labute approximate surface area is 101 Å². The van der Waals surface area contributed by atoms with Crippen LogP contribution in [-0.2, 0) is 6.54 Å². The summed E-state index contributed by atoms with van der Waals surface area (Å²) >= 11 is 6.12. The van der Waals surface area contributed by atoms with Gasteiger partial charge in [-0.15, -0.1) is 0 Å². The first-order valence-electron chi connectivity index (χ1n) is 5.56. The van der Waals surface area contributed by atoms with E-state index < -0.39 is 0 Å². The normalized spacial score (nSPS) is 21.5. The first-order valence-corrected chi connectivity index (χ1v) is 5.94. The Balaban J connectivity index is 2.04. The van der Waals surface area contributed by atoms with Crippen molar-refractivity contribution in [1.29, 1.82) is 0 Å². The molecule has 3 nitrogen and oxygen atoms in total. The average molecular weight is 241 g/mol. The average Bonchev–Trinajstić information content (AvgIpc) is 2.71. The summed E-state index contributed by atoms with van der Waals surface area (Å²) in [5.41, 5.74) is 7.66. The lowest BCUT2D eigenvalue weighted by atomic mass is 10.1.